The molecule has 142 valence electrons. The summed E-state index contributed by atoms with van der Waals surface area (Å²) in [6, 6.07) is 15.8. The number of hydrogen-bond acceptors (Lipinski definition) is 5. The summed E-state index contributed by atoms with van der Waals surface area (Å²) in [6.07, 6.45) is 3.12. The Hall–Kier alpha value is -3.55. The van der Waals surface area contributed by atoms with Crippen LogP contribution in [0, 0.1) is 5.82 Å². The number of halogens is 1. The predicted octanol–water partition coefficient (Wildman–Crippen LogP) is 2.16. The number of aromatic nitrogens is 4. The first kappa shape index (κ1) is 17.8. The number of carbonyl (C=O) groups is 1. The Bertz CT molecular complexity index is 979. The van der Waals surface area contributed by atoms with Gasteiger partial charge in [-0.05, 0) is 46.3 Å². The van der Waals surface area contributed by atoms with Gasteiger partial charge in [-0.3, -0.25) is 4.79 Å². The maximum atomic E-state index is 13.2. The standard InChI is InChI=1S/C20H19FN6O/c21-17-6-4-5-16(15-17)9-10-19(28)25-11-13-26(14-12-25)20-22-23-24-27(20)18-7-2-1-3-8-18/h1-10,15H,11-14H2/b10-9+. The number of para-hydroxylation sites is 1. The Labute approximate surface area is 161 Å². The van der Waals surface area contributed by atoms with Gasteiger partial charge in [-0.15, -0.1) is 0 Å². The molecule has 2 heterocycles. The summed E-state index contributed by atoms with van der Waals surface area (Å²) in [5.74, 6) is 0.250. The summed E-state index contributed by atoms with van der Waals surface area (Å²) in [5, 5.41) is 12.0. The molecule has 7 nitrogen and oxygen atoms in total. The molecule has 28 heavy (non-hydrogen) atoms. The first-order valence-corrected chi connectivity index (χ1v) is 9.02. The number of nitrogens with zero attached hydrogens (tertiary/aromatic N) is 6. The van der Waals surface area contributed by atoms with Crippen LogP contribution >= 0.6 is 0 Å². The average Bonchev–Trinajstić information content (AvgIpc) is 3.23. The largest absolute Gasteiger partial charge is 0.336 e. The molecule has 8 heteroatoms. The van der Waals surface area contributed by atoms with E-state index in [0.717, 1.165) is 5.69 Å². The van der Waals surface area contributed by atoms with Gasteiger partial charge in [0.25, 0.3) is 0 Å². The monoisotopic (exact) mass is 378 g/mol. The Kier molecular flexibility index (Phi) is 5.09. The number of rotatable bonds is 4. The lowest BCUT2D eigenvalue weighted by Gasteiger charge is -2.34. The van der Waals surface area contributed by atoms with Crippen molar-refractivity contribution < 1.29 is 9.18 Å². The van der Waals surface area contributed by atoms with Crippen molar-refractivity contribution in [1.82, 2.24) is 25.1 Å². The van der Waals surface area contributed by atoms with Gasteiger partial charge in [0.2, 0.25) is 11.9 Å². The van der Waals surface area contributed by atoms with Crippen molar-refractivity contribution in [3.8, 4) is 5.69 Å². The zero-order chi connectivity index (χ0) is 19.3. The third kappa shape index (κ3) is 3.90. The number of tetrazole rings is 1. The van der Waals surface area contributed by atoms with Crippen LogP contribution < -0.4 is 4.90 Å². The summed E-state index contributed by atoms with van der Waals surface area (Å²) >= 11 is 0. The van der Waals surface area contributed by atoms with Gasteiger partial charge in [-0.2, -0.15) is 4.68 Å². The summed E-state index contributed by atoms with van der Waals surface area (Å²) in [7, 11) is 0. The zero-order valence-corrected chi connectivity index (χ0v) is 15.1. The van der Waals surface area contributed by atoms with Crippen LogP contribution in [0.1, 0.15) is 5.56 Å². The van der Waals surface area contributed by atoms with Crippen LogP contribution in [0.5, 0.6) is 0 Å². The van der Waals surface area contributed by atoms with E-state index in [4.69, 9.17) is 0 Å². The van der Waals surface area contributed by atoms with E-state index >= 15 is 0 Å². The van der Waals surface area contributed by atoms with Crippen molar-refractivity contribution in [2.24, 2.45) is 0 Å². The van der Waals surface area contributed by atoms with Gasteiger partial charge >= 0.3 is 0 Å². The molecule has 1 saturated heterocycles. The fourth-order valence-electron chi connectivity index (χ4n) is 3.13. The first-order valence-electron chi connectivity index (χ1n) is 9.02. The SMILES string of the molecule is O=C(/C=C/c1cccc(F)c1)N1CCN(c2nnnn2-c2ccccc2)CC1. The summed E-state index contributed by atoms with van der Waals surface area (Å²) in [4.78, 5) is 16.2. The summed E-state index contributed by atoms with van der Waals surface area (Å²) in [5.41, 5.74) is 1.55. The molecule has 1 amide bonds. The lowest BCUT2D eigenvalue weighted by molar-refractivity contribution is -0.126. The highest BCUT2D eigenvalue weighted by atomic mass is 19.1. The fraction of sp³-hybridized carbons (Fsp3) is 0.200. The highest BCUT2D eigenvalue weighted by Crippen LogP contribution is 2.17. The molecule has 3 aromatic rings. The minimum absolute atomic E-state index is 0.0911. The van der Waals surface area contributed by atoms with Gasteiger partial charge in [0, 0.05) is 32.3 Å². The molecular weight excluding hydrogens is 359 g/mol. The average molecular weight is 378 g/mol. The van der Waals surface area contributed by atoms with Crippen molar-refractivity contribution in [3.05, 3.63) is 72.1 Å². The highest BCUT2D eigenvalue weighted by Gasteiger charge is 2.23. The van der Waals surface area contributed by atoms with Gasteiger partial charge in [0.05, 0.1) is 5.69 Å². The lowest BCUT2D eigenvalue weighted by atomic mass is 10.2. The topological polar surface area (TPSA) is 67.2 Å². The molecule has 0 saturated carbocycles. The molecule has 0 spiro atoms. The Morgan fingerprint density at radius 1 is 1.00 bits per heavy atom. The molecule has 0 aliphatic carbocycles. The van der Waals surface area contributed by atoms with Crippen LogP contribution in [-0.4, -0.2) is 57.2 Å². The van der Waals surface area contributed by atoms with Crippen LogP contribution in [0.2, 0.25) is 0 Å². The van der Waals surface area contributed by atoms with Crippen molar-refractivity contribution in [1.29, 1.82) is 0 Å². The van der Waals surface area contributed by atoms with Gasteiger partial charge in [-0.25, -0.2) is 4.39 Å². The van der Waals surface area contributed by atoms with Crippen LogP contribution in [0.15, 0.2) is 60.7 Å². The van der Waals surface area contributed by atoms with E-state index in [0.29, 0.717) is 37.7 Å². The zero-order valence-electron chi connectivity index (χ0n) is 15.1. The number of piperazine rings is 1. The molecule has 0 atom stereocenters. The number of anilines is 1. The van der Waals surface area contributed by atoms with Crippen LogP contribution in [0.3, 0.4) is 0 Å². The van der Waals surface area contributed by atoms with Gasteiger partial charge in [0.1, 0.15) is 5.82 Å². The summed E-state index contributed by atoms with van der Waals surface area (Å²) < 4.78 is 14.9. The maximum Gasteiger partial charge on any atom is 0.250 e. The van der Waals surface area contributed by atoms with E-state index in [2.05, 4.69) is 20.4 Å². The molecule has 2 aromatic carbocycles. The predicted molar refractivity (Wildman–Crippen MR) is 103 cm³/mol. The van der Waals surface area contributed by atoms with E-state index in [1.165, 1.54) is 18.2 Å². The minimum atomic E-state index is -0.320. The quantitative estimate of drug-likeness (QED) is 0.651. The van der Waals surface area contributed by atoms with Crippen molar-refractivity contribution >= 4 is 17.9 Å². The van der Waals surface area contributed by atoms with E-state index in [1.54, 1.807) is 27.8 Å². The minimum Gasteiger partial charge on any atom is -0.336 e. The van der Waals surface area contributed by atoms with E-state index in [1.807, 2.05) is 30.3 Å². The Morgan fingerprint density at radius 3 is 2.54 bits per heavy atom. The molecule has 0 unspecified atom stereocenters. The van der Waals surface area contributed by atoms with E-state index < -0.39 is 0 Å². The summed E-state index contributed by atoms with van der Waals surface area (Å²) in [6.45, 7) is 2.39. The van der Waals surface area contributed by atoms with Crippen molar-refractivity contribution in [3.63, 3.8) is 0 Å². The van der Waals surface area contributed by atoms with Gasteiger partial charge < -0.3 is 9.80 Å². The molecule has 1 aliphatic rings. The molecule has 0 bridgehead atoms. The number of benzene rings is 2. The third-order valence-electron chi connectivity index (χ3n) is 4.60. The molecule has 0 N–H and O–H groups in total. The molecule has 1 aliphatic heterocycles. The van der Waals surface area contributed by atoms with Gasteiger partial charge in [0.15, 0.2) is 0 Å². The number of amides is 1. The normalized spacial score (nSPS) is 14.6. The van der Waals surface area contributed by atoms with E-state index in [-0.39, 0.29) is 11.7 Å². The third-order valence-corrected chi connectivity index (χ3v) is 4.60. The second-order valence-corrected chi connectivity index (χ2v) is 6.43. The number of hydrogen-bond donors (Lipinski definition) is 0. The van der Waals surface area contributed by atoms with Crippen LogP contribution in [-0.2, 0) is 4.79 Å². The van der Waals surface area contributed by atoms with Crippen molar-refractivity contribution in [2.45, 2.75) is 0 Å². The Balaban J connectivity index is 1.39. The van der Waals surface area contributed by atoms with E-state index in [9.17, 15) is 9.18 Å². The fourth-order valence-corrected chi connectivity index (χ4v) is 3.13. The maximum absolute atomic E-state index is 13.2. The van der Waals surface area contributed by atoms with Gasteiger partial charge in [-0.1, -0.05) is 35.4 Å². The highest BCUT2D eigenvalue weighted by molar-refractivity contribution is 5.91. The number of carbonyl (C=O) groups excluding carboxylic acids is 1. The Morgan fingerprint density at radius 2 is 1.79 bits per heavy atom. The molecule has 1 fully saturated rings. The molecule has 1 aromatic heterocycles. The smallest absolute Gasteiger partial charge is 0.250 e. The molecular formula is C20H19FN6O. The lowest BCUT2D eigenvalue weighted by Crippen LogP contribution is -2.49. The molecule has 4 rings (SSSR count). The molecule has 0 radical (unpaired) electrons. The second-order valence-electron chi connectivity index (χ2n) is 6.43. The van der Waals surface area contributed by atoms with Crippen LogP contribution in [0.25, 0.3) is 11.8 Å². The first-order chi connectivity index (χ1) is 13.7. The van der Waals surface area contributed by atoms with Crippen molar-refractivity contribution in [2.75, 3.05) is 31.1 Å². The second kappa shape index (κ2) is 7.99. The van der Waals surface area contributed by atoms with Crippen LogP contribution in [0.4, 0.5) is 10.3 Å².